The molecule has 0 bridgehead atoms. The number of benzene rings is 1. The Balaban J connectivity index is 1.92. The van der Waals surface area contributed by atoms with Gasteiger partial charge >= 0.3 is 6.03 Å². The van der Waals surface area contributed by atoms with Crippen molar-refractivity contribution in [2.24, 2.45) is 0 Å². The minimum atomic E-state index is -0.250. The number of rotatable bonds is 6. The minimum Gasteiger partial charge on any atom is -0.338 e. The molecule has 0 saturated heterocycles. The lowest BCUT2D eigenvalue weighted by Crippen LogP contribution is -2.36. The third-order valence-corrected chi connectivity index (χ3v) is 3.93. The van der Waals surface area contributed by atoms with Crippen molar-refractivity contribution in [1.82, 2.24) is 25.4 Å². The van der Waals surface area contributed by atoms with E-state index >= 15 is 0 Å². The van der Waals surface area contributed by atoms with Crippen molar-refractivity contribution in [2.75, 3.05) is 6.54 Å². The predicted octanol–water partition coefficient (Wildman–Crippen LogP) is 2.05. The van der Waals surface area contributed by atoms with Crippen LogP contribution in [0.3, 0.4) is 0 Å². The van der Waals surface area contributed by atoms with Gasteiger partial charge in [0.2, 0.25) is 0 Å². The number of nitrogens with one attached hydrogen (secondary N) is 2. The van der Waals surface area contributed by atoms with Gasteiger partial charge in [-0.2, -0.15) is 5.10 Å². The van der Waals surface area contributed by atoms with Crippen LogP contribution in [0.2, 0.25) is 0 Å². The molecule has 0 unspecified atom stereocenters. The summed E-state index contributed by atoms with van der Waals surface area (Å²) in [4.78, 5) is 28.8. The standard InChI is InChI=1S/C19H21N5O2/c1-2-10-21-19(26)22-12-17-15-8-3-4-9-16(15)18(25)24(23-17)13-14-7-5-6-11-20-14/h3-9,11H,2,10,12-13H2,1H3,(H2,21,22,26). The quantitative estimate of drug-likeness (QED) is 0.711. The van der Waals surface area contributed by atoms with Crippen LogP contribution in [0.4, 0.5) is 4.79 Å². The highest BCUT2D eigenvalue weighted by Crippen LogP contribution is 2.13. The molecule has 0 aliphatic carbocycles. The van der Waals surface area contributed by atoms with E-state index in [2.05, 4.69) is 20.7 Å². The van der Waals surface area contributed by atoms with Crippen LogP contribution in [0.15, 0.2) is 53.5 Å². The molecule has 0 atom stereocenters. The van der Waals surface area contributed by atoms with Gasteiger partial charge in [-0.05, 0) is 24.6 Å². The molecule has 26 heavy (non-hydrogen) atoms. The molecule has 0 saturated carbocycles. The number of pyridine rings is 1. The van der Waals surface area contributed by atoms with E-state index in [1.54, 1.807) is 12.3 Å². The second kappa shape index (κ2) is 8.24. The first-order chi connectivity index (χ1) is 12.7. The molecular formula is C19H21N5O2. The zero-order valence-corrected chi connectivity index (χ0v) is 14.6. The summed E-state index contributed by atoms with van der Waals surface area (Å²) in [5.74, 6) is 0. The van der Waals surface area contributed by atoms with Gasteiger partial charge < -0.3 is 10.6 Å². The molecule has 0 aliphatic heterocycles. The molecule has 0 fully saturated rings. The van der Waals surface area contributed by atoms with Crippen molar-refractivity contribution in [3.63, 3.8) is 0 Å². The fourth-order valence-electron chi connectivity index (χ4n) is 2.65. The highest BCUT2D eigenvalue weighted by Gasteiger charge is 2.12. The Kier molecular flexibility index (Phi) is 5.58. The summed E-state index contributed by atoms with van der Waals surface area (Å²) in [7, 11) is 0. The first-order valence-electron chi connectivity index (χ1n) is 8.59. The van der Waals surface area contributed by atoms with Gasteiger partial charge in [0.1, 0.15) is 0 Å². The first-order valence-corrected chi connectivity index (χ1v) is 8.59. The zero-order valence-electron chi connectivity index (χ0n) is 14.6. The molecule has 2 amide bonds. The van der Waals surface area contributed by atoms with Crippen molar-refractivity contribution >= 4 is 16.8 Å². The van der Waals surface area contributed by atoms with Crippen LogP contribution < -0.4 is 16.2 Å². The zero-order chi connectivity index (χ0) is 18.4. The minimum absolute atomic E-state index is 0.176. The molecular weight excluding hydrogens is 330 g/mol. The summed E-state index contributed by atoms with van der Waals surface area (Å²) in [5.41, 5.74) is 1.21. The SMILES string of the molecule is CCCNC(=O)NCc1nn(Cc2ccccn2)c(=O)c2ccccc12. The molecule has 1 aromatic carbocycles. The fourth-order valence-corrected chi connectivity index (χ4v) is 2.65. The summed E-state index contributed by atoms with van der Waals surface area (Å²) < 4.78 is 1.39. The van der Waals surface area contributed by atoms with Crippen LogP contribution in [0.25, 0.3) is 10.8 Å². The fraction of sp³-hybridized carbons (Fsp3) is 0.263. The van der Waals surface area contributed by atoms with Gasteiger partial charge in [-0.3, -0.25) is 9.78 Å². The van der Waals surface area contributed by atoms with Gasteiger partial charge in [-0.1, -0.05) is 31.2 Å². The number of aromatic nitrogens is 3. The van der Waals surface area contributed by atoms with Gasteiger partial charge in [0.15, 0.2) is 0 Å². The molecule has 2 heterocycles. The predicted molar refractivity (Wildman–Crippen MR) is 99.9 cm³/mol. The van der Waals surface area contributed by atoms with E-state index < -0.39 is 0 Å². The Labute approximate surface area is 151 Å². The molecule has 3 aromatic rings. The molecule has 2 N–H and O–H groups in total. The summed E-state index contributed by atoms with van der Waals surface area (Å²) >= 11 is 0. The molecule has 0 aliphatic rings. The molecule has 0 radical (unpaired) electrons. The first kappa shape index (κ1) is 17.6. The maximum absolute atomic E-state index is 12.7. The van der Waals surface area contributed by atoms with Crippen LogP contribution in [-0.4, -0.2) is 27.3 Å². The van der Waals surface area contributed by atoms with Crippen LogP contribution >= 0.6 is 0 Å². The maximum Gasteiger partial charge on any atom is 0.315 e. The van der Waals surface area contributed by atoms with E-state index in [1.165, 1.54) is 4.68 Å². The van der Waals surface area contributed by atoms with E-state index in [1.807, 2.05) is 43.3 Å². The highest BCUT2D eigenvalue weighted by atomic mass is 16.2. The maximum atomic E-state index is 12.7. The number of urea groups is 1. The monoisotopic (exact) mass is 351 g/mol. The summed E-state index contributed by atoms with van der Waals surface area (Å²) in [6, 6.07) is 12.6. The van der Waals surface area contributed by atoms with Gasteiger partial charge in [0.05, 0.1) is 29.9 Å². The van der Waals surface area contributed by atoms with Crippen LogP contribution in [-0.2, 0) is 13.1 Å². The second-order valence-electron chi connectivity index (χ2n) is 5.89. The third kappa shape index (κ3) is 4.05. The summed E-state index contributed by atoms with van der Waals surface area (Å²) in [5, 5.41) is 11.3. The molecule has 2 aromatic heterocycles. The number of amides is 2. The van der Waals surface area contributed by atoms with Crippen LogP contribution in [0.1, 0.15) is 24.7 Å². The molecule has 134 valence electrons. The van der Waals surface area contributed by atoms with E-state index in [-0.39, 0.29) is 24.7 Å². The van der Waals surface area contributed by atoms with Crippen molar-refractivity contribution in [1.29, 1.82) is 0 Å². The average molecular weight is 351 g/mol. The Morgan fingerprint density at radius 3 is 2.58 bits per heavy atom. The Morgan fingerprint density at radius 2 is 1.85 bits per heavy atom. The number of carbonyl (C=O) groups excluding carboxylic acids is 1. The van der Waals surface area contributed by atoms with Crippen molar-refractivity contribution in [3.8, 4) is 0 Å². The number of hydrogen-bond acceptors (Lipinski definition) is 4. The Hall–Kier alpha value is -3.22. The summed E-state index contributed by atoms with van der Waals surface area (Å²) in [6.07, 6.45) is 2.55. The number of nitrogens with zero attached hydrogens (tertiary/aromatic N) is 3. The van der Waals surface area contributed by atoms with E-state index in [0.717, 1.165) is 17.5 Å². The van der Waals surface area contributed by atoms with Crippen LogP contribution in [0.5, 0.6) is 0 Å². The normalized spacial score (nSPS) is 10.7. The second-order valence-corrected chi connectivity index (χ2v) is 5.89. The van der Waals surface area contributed by atoms with E-state index in [4.69, 9.17) is 0 Å². The van der Waals surface area contributed by atoms with Crippen LogP contribution in [0, 0.1) is 0 Å². The molecule has 0 spiro atoms. The summed E-state index contributed by atoms with van der Waals surface area (Å²) in [6.45, 7) is 3.11. The Bertz CT molecular complexity index is 953. The van der Waals surface area contributed by atoms with E-state index in [9.17, 15) is 9.59 Å². The van der Waals surface area contributed by atoms with E-state index in [0.29, 0.717) is 17.6 Å². The smallest absolute Gasteiger partial charge is 0.315 e. The van der Waals surface area contributed by atoms with Gasteiger partial charge in [0.25, 0.3) is 5.56 Å². The van der Waals surface area contributed by atoms with Gasteiger partial charge in [-0.15, -0.1) is 0 Å². The lowest BCUT2D eigenvalue weighted by Gasteiger charge is -2.12. The van der Waals surface area contributed by atoms with Gasteiger partial charge in [-0.25, -0.2) is 9.48 Å². The Morgan fingerprint density at radius 1 is 1.08 bits per heavy atom. The van der Waals surface area contributed by atoms with Crippen molar-refractivity contribution in [3.05, 3.63) is 70.4 Å². The average Bonchev–Trinajstić information content (AvgIpc) is 2.68. The number of hydrogen-bond donors (Lipinski definition) is 2. The lowest BCUT2D eigenvalue weighted by molar-refractivity contribution is 0.240. The lowest BCUT2D eigenvalue weighted by atomic mass is 10.1. The molecule has 7 heteroatoms. The highest BCUT2D eigenvalue weighted by molar-refractivity contribution is 5.84. The number of carbonyl (C=O) groups is 1. The van der Waals surface area contributed by atoms with Gasteiger partial charge in [0, 0.05) is 18.1 Å². The van der Waals surface area contributed by atoms with Crippen molar-refractivity contribution in [2.45, 2.75) is 26.4 Å². The third-order valence-electron chi connectivity index (χ3n) is 3.93. The topological polar surface area (TPSA) is 88.9 Å². The number of fused-ring (bicyclic) bond motifs is 1. The largest absolute Gasteiger partial charge is 0.338 e. The molecule has 3 rings (SSSR count). The van der Waals surface area contributed by atoms with Crippen molar-refractivity contribution < 1.29 is 4.79 Å². The molecule has 7 nitrogen and oxygen atoms in total.